The summed E-state index contributed by atoms with van der Waals surface area (Å²) in [6.45, 7) is 0. The zero-order valence-electron chi connectivity index (χ0n) is 21.6. The molecule has 0 aliphatic carbocycles. The van der Waals surface area contributed by atoms with Crippen molar-refractivity contribution in [1.82, 2.24) is 40.3 Å². The standard InChI is InChI=1S/C28H12F6N8O2/c29-27(30,31)15-4-6-17-19(9-15)37-21(11-35-17)25-41-39-23(43-25)13-2-1-3-14(8-13)24-40-42-26(44-24)22-12-36-18-7-5-16(28(32,33)34)10-20(18)38-22/h1-12H. The van der Waals surface area contributed by atoms with Crippen molar-refractivity contribution >= 4 is 22.1 Å². The first-order valence-electron chi connectivity index (χ1n) is 12.5. The van der Waals surface area contributed by atoms with Crippen molar-refractivity contribution in [3.8, 4) is 46.1 Å². The minimum absolute atomic E-state index is 0.00293. The molecule has 0 N–H and O–H groups in total. The molecule has 7 aromatic rings. The van der Waals surface area contributed by atoms with E-state index in [1.165, 1.54) is 24.5 Å². The first-order chi connectivity index (χ1) is 21.0. The van der Waals surface area contributed by atoms with E-state index >= 15 is 0 Å². The quantitative estimate of drug-likeness (QED) is 0.192. The van der Waals surface area contributed by atoms with Gasteiger partial charge in [0.25, 0.3) is 11.8 Å². The number of rotatable bonds is 4. The molecule has 0 amide bonds. The van der Waals surface area contributed by atoms with Crippen LogP contribution in [0.15, 0.2) is 81.9 Å². The number of benzene rings is 3. The lowest BCUT2D eigenvalue weighted by Crippen LogP contribution is -2.04. The Morgan fingerprint density at radius 1 is 0.477 bits per heavy atom. The van der Waals surface area contributed by atoms with Crippen molar-refractivity contribution in [2.24, 2.45) is 0 Å². The summed E-state index contributed by atoms with van der Waals surface area (Å²) >= 11 is 0. The maximum absolute atomic E-state index is 13.1. The number of halogens is 6. The molecule has 16 heteroatoms. The van der Waals surface area contributed by atoms with Gasteiger partial charge in [0.1, 0.15) is 11.4 Å². The lowest BCUT2D eigenvalue weighted by molar-refractivity contribution is -0.138. The Morgan fingerprint density at radius 3 is 1.34 bits per heavy atom. The van der Waals surface area contributed by atoms with E-state index in [4.69, 9.17) is 8.83 Å². The van der Waals surface area contributed by atoms with Crippen LogP contribution in [0.5, 0.6) is 0 Å². The minimum Gasteiger partial charge on any atom is -0.415 e. The van der Waals surface area contributed by atoms with Crippen molar-refractivity contribution in [3.63, 3.8) is 0 Å². The normalized spacial score (nSPS) is 12.3. The van der Waals surface area contributed by atoms with Gasteiger partial charge in [-0.3, -0.25) is 9.97 Å². The molecule has 0 saturated carbocycles. The van der Waals surface area contributed by atoms with Gasteiger partial charge in [-0.25, -0.2) is 9.97 Å². The highest BCUT2D eigenvalue weighted by atomic mass is 19.4. The molecule has 4 heterocycles. The van der Waals surface area contributed by atoms with Crippen LogP contribution in [-0.2, 0) is 12.4 Å². The van der Waals surface area contributed by atoms with Gasteiger partial charge in [-0.1, -0.05) is 6.07 Å². The van der Waals surface area contributed by atoms with Crippen LogP contribution in [0.2, 0.25) is 0 Å². The van der Waals surface area contributed by atoms with Gasteiger partial charge in [-0.15, -0.1) is 20.4 Å². The lowest BCUT2D eigenvalue weighted by Gasteiger charge is -2.07. The van der Waals surface area contributed by atoms with Crippen LogP contribution in [0.3, 0.4) is 0 Å². The van der Waals surface area contributed by atoms with Gasteiger partial charge >= 0.3 is 12.4 Å². The SMILES string of the molecule is FC(F)(F)c1ccc2ncc(-c3nnc(-c4cccc(-c5nnc(-c6cnc7ccc(C(F)(F)F)cc7n6)o5)c4)o3)nc2c1. The molecular weight excluding hydrogens is 594 g/mol. The molecule has 0 radical (unpaired) electrons. The predicted molar refractivity (Wildman–Crippen MR) is 140 cm³/mol. The molecule has 0 saturated heterocycles. The Bertz CT molecular complexity index is 2040. The molecule has 0 unspecified atom stereocenters. The minimum atomic E-state index is -4.54. The second-order valence-electron chi connectivity index (χ2n) is 9.32. The van der Waals surface area contributed by atoms with Gasteiger partial charge in [0.2, 0.25) is 11.8 Å². The largest absolute Gasteiger partial charge is 0.416 e. The van der Waals surface area contributed by atoms with Crippen LogP contribution in [0.25, 0.3) is 68.1 Å². The average Bonchev–Trinajstić information content (AvgIpc) is 3.70. The molecule has 0 bridgehead atoms. The summed E-state index contributed by atoms with van der Waals surface area (Å²) in [5.41, 5.74) is -0.175. The van der Waals surface area contributed by atoms with E-state index in [0.29, 0.717) is 11.1 Å². The van der Waals surface area contributed by atoms with E-state index in [-0.39, 0.29) is 57.0 Å². The van der Waals surface area contributed by atoms with E-state index in [9.17, 15) is 26.3 Å². The number of hydrogen-bond donors (Lipinski definition) is 0. The Morgan fingerprint density at radius 2 is 0.909 bits per heavy atom. The van der Waals surface area contributed by atoms with Gasteiger partial charge in [0.05, 0.1) is 45.6 Å². The van der Waals surface area contributed by atoms with Crippen molar-refractivity contribution in [3.05, 3.63) is 84.2 Å². The molecule has 10 nitrogen and oxygen atoms in total. The van der Waals surface area contributed by atoms with E-state index in [2.05, 4.69) is 40.3 Å². The smallest absolute Gasteiger partial charge is 0.415 e. The van der Waals surface area contributed by atoms with Crippen LogP contribution in [-0.4, -0.2) is 40.3 Å². The van der Waals surface area contributed by atoms with Crippen LogP contribution in [0.1, 0.15) is 11.1 Å². The first-order valence-corrected chi connectivity index (χ1v) is 12.5. The first kappa shape index (κ1) is 27.1. The molecule has 218 valence electrons. The summed E-state index contributed by atoms with van der Waals surface area (Å²) < 4.78 is 90.3. The molecule has 0 spiro atoms. The zero-order valence-corrected chi connectivity index (χ0v) is 21.6. The van der Waals surface area contributed by atoms with Gasteiger partial charge in [-0.05, 0) is 54.6 Å². The average molecular weight is 606 g/mol. The van der Waals surface area contributed by atoms with E-state index in [0.717, 1.165) is 24.3 Å². The molecule has 44 heavy (non-hydrogen) atoms. The third-order valence-electron chi connectivity index (χ3n) is 6.38. The van der Waals surface area contributed by atoms with Crippen LogP contribution < -0.4 is 0 Å². The highest BCUT2D eigenvalue weighted by molar-refractivity contribution is 5.78. The van der Waals surface area contributed by atoms with Crippen LogP contribution >= 0.6 is 0 Å². The highest BCUT2D eigenvalue weighted by Gasteiger charge is 2.31. The van der Waals surface area contributed by atoms with Crippen molar-refractivity contribution in [2.45, 2.75) is 12.4 Å². The maximum Gasteiger partial charge on any atom is 0.416 e. The summed E-state index contributed by atoms with van der Waals surface area (Å²) in [7, 11) is 0. The Labute approximate surface area is 240 Å². The number of hydrogen-bond acceptors (Lipinski definition) is 10. The fourth-order valence-electron chi connectivity index (χ4n) is 4.25. The maximum atomic E-state index is 13.1. The summed E-state index contributed by atoms with van der Waals surface area (Å²) in [6, 6.07) is 12.6. The van der Waals surface area contributed by atoms with E-state index < -0.39 is 23.5 Å². The topological polar surface area (TPSA) is 129 Å². The summed E-state index contributed by atoms with van der Waals surface area (Å²) in [5.74, 6) is -0.0107. The third-order valence-corrected chi connectivity index (χ3v) is 6.38. The fraction of sp³-hybridized carbons (Fsp3) is 0.0714. The summed E-state index contributed by atoms with van der Waals surface area (Å²) in [6.07, 6.45) is -6.47. The van der Waals surface area contributed by atoms with Crippen molar-refractivity contribution in [2.75, 3.05) is 0 Å². The third kappa shape index (κ3) is 5.05. The van der Waals surface area contributed by atoms with Crippen LogP contribution in [0.4, 0.5) is 26.3 Å². The van der Waals surface area contributed by atoms with Gasteiger partial charge in [0.15, 0.2) is 0 Å². The number of nitrogens with zero attached hydrogens (tertiary/aromatic N) is 8. The molecule has 7 rings (SSSR count). The predicted octanol–water partition coefficient (Wildman–Crippen LogP) is 7.04. The number of alkyl halides is 6. The second kappa shape index (κ2) is 9.89. The molecule has 0 atom stereocenters. The Balaban J connectivity index is 1.16. The molecule has 0 aliphatic rings. The molecule has 0 fully saturated rings. The molecule has 3 aromatic carbocycles. The second-order valence-corrected chi connectivity index (χ2v) is 9.32. The monoisotopic (exact) mass is 606 g/mol. The van der Waals surface area contributed by atoms with Crippen molar-refractivity contribution in [1.29, 1.82) is 0 Å². The van der Waals surface area contributed by atoms with Gasteiger partial charge in [0, 0.05) is 11.1 Å². The fourth-order valence-corrected chi connectivity index (χ4v) is 4.25. The Hall–Kier alpha value is -5.80. The van der Waals surface area contributed by atoms with Gasteiger partial charge < -0.3 is 8.83 Å². The Kier molecular flexibility index (Phi) is 6.08. The van der Waals surface area contributed by atoms with E-state index in [1.54, 1.807) is 24.3 Å². The zero-order chi connectivity index (χ0) is 30.6. The highest BCUT2D eigenvalue weighted by Crippen LogP contribution is 2.33. The molecular formula is C28H12F6N8O2. The van der Waals surface area contributed by atoms with Crippen LogP contribution in [0, 0.1) is 0 Å². The van der Waals surface area contributed by atoms with E-state index in [1.807, 2.05) is 0 Å². The number of fused-ring (bicyclic) bond motifs is 2. The number of aromatic nitrogens is 8. The molecule has 4 aromatic heterocycles. The van der Waals surface area contributed by atoms with Crippen molar-refractivity contribution < 1.29 is 35.2 Å². The van der Waals surface area contributed by atoms with Gasteiger partial charge in [-0.2, -0.15) is 26.3 Å². The molecule has 0 aliphatic heterocycles. The summed E-state index contributed by atoms with van der Waals surface area (Å²) in [4.78, 5) is 16.7. The summed E-state index contributed by atoms with van der Waals surface area (Å²) in [5, 5.41) is 15.9. The lowest BCUT2D eigenvalue weighted by atomic mass is 10.1.